The van der Waals surface area contributed by atoms with Crippen LogP contribution in [0.4, 0.5) is 0 Å². The molecule has 1 saturated carbocycles. The van der Waals surface area contributed by atoms with Gasteiger partial charge < -0.3 is 10.6 Å². The Kier molecular flexibility index (Phi) is 5.14. The Balaban J connectivity index is 1.47. The van der Waals surface area contributed by atoms with Gasteiger partial charge in [-0.05, 0) is 77.0 Å². The first-order valence-corrected chi connectivity index (χ1v) is 8.61. The van der Waals surface area contributed by atoms with Gasteiger partial charge in [0.05, 0.1) is 0 Å². The maximum absolute atomic E-state index is 3.84. The number of nitrogens with zero attached hydrogens (tertiary/aromatic N) is 1. The van der Waals surface area contributed by atoms with Crippen molar-refractivity contribution in [1.82, 2.24) is 15.5 Å². The summed E-state index contributed by atoms with van der Waals surface area (Å²) in [6, 6.07) is 1.69. The van der Waals surface area contributed by atoms with Crippen LogP contribution in [0.2, 0.25) is 0 Å². The molecule has 3 unspecified atom stereocenters. The molecule has 0 amide bonds. The van der Waals surface area contributed by atoms with Crippen LogP contribution in [0.25, 0.3) is 0 Å². The van der Waals surface area contributed by atoms with Crippen molar-refractivity contribution in [1.29, 1.82) is 0 Å². The van der Waals surface area contributed by atoms with Crippen LogP contribution in [0.15, 0.2) is 0 Å². The van der Waals surface area contributed by atoms with Gasteiger partial charge in [0.1, 0.15) is 0 Å². The van der Waals surface area contributed by atoms with E-state index in [0.29, 0.717) is 0 Å². The first kappa shape index (κ1) is 13.8. The highest BCUT2D eigenvalue weighted by Gasteiger charge is 2.36. The first-order valence-electron chi connectivity index (χ1n) is 8.61. The molecule has 1 aliphatic carbocycles. The van der Waals surface area contributed by atoms with E-state index in [1.165, 1.54) is 84.1 Å². The zero-order valence-corrected chi connectivity index (χ0v) is 12.4. The van der Waals surface area contributed by atoms with Gasteiger partial charge in [0.25, 0.3) is 0 Å². The lowest BCUT2D eigenvalue weighted by Gasteiger charge is -2.24. The summed E-state index contributed by atoms with van der Waals surface area (Å²) in [5, 5.41) is 7.45. The molecule has 3 rings (SSSR count). The summed E-state index contributed by atoms with van der Waals surface area (Å²) in [4.78, 5) is 2.74. The largest absolute Gasteiger partial charge is 0.317 e. The summed E-state index contributed by atoms with van der Waals surface area (Å²) in [6.45, 7) is 6.37. The molecule has 0 bridgehead atoms. The third-order valence-electron chi connectivity index (χ3n) is 5.26. The summed E-state index contributed by atoms with van der Waals surface area (Å²) in [5.74, 6) is 1.000. The number of rotatable bonds is 0. The number of hydrogen-bond donors (Lipinski definition) is 2. The summed E-state index contributed by atoms with van der Waals surface area (Å²) < 4.78 is 0. The van der Waals surface area contributed by atoms with Crippen LogP contribution in [0, 0.1) is 5.92 Å². The Labute approximate surface area is 118 Å². The van der Waals surface area contributed by atoms with Gasteiger partial charge in [0.15, 0.2) is 0 Å². The molecule has 19 heavy (non-hydrogen) atoms. The maximum Gasteiger partial charge on any atom is 0.0221 e. The van der Waals surface area contributed by atoms with E-state index in [9.17, 15) is 0 Å². The molecule has 0 aromatic heterocycles. The van der Waals surface area contributed by atoms with Crippen molar-refractivity contribution in [3.8, 4) is 0 Å². The molecule has 3 fully saturated rings. The Morgan fingerprint density at radius 1 is 0.842 bits per heavy atom. The molecule has 2 N–H and O–H groups in total. The van der Waals surface area contributed by atoms with Gasteiger partial charge in [0, 0.05) is 18.6 Å². The summed E-state index contributed by atoms with van der Waals surface area (Å²) >= 11 is 0. The first-order chi connectivity index (χ1) is 9.43. The lowest BCUT2D eigenvalue weighted by Crippen LogP contribution is -2.39. The number of hydrogen-bond acceptors (Lipinski definition) is 3. The molecule has 2 heterocycles. The van der Waals surface area contributed by atoms with Crippen LogP contribution in [0.5, 0.6) is 0 Å². The van der Waals surface area contributed by atoms with E-state index in [4.69, 9.17) is 0 Å². The minimum absolute atomic E-state index is 0.833. The molecule has 0 aromatic rings. The van der Waals surface area contributed by atoms with Crippen LogP contribution in [0.3, 0.4) is 0 Å². The monoisotopic (exact) mass is 265 g/mol. The summed E-state index contributed by atoms with van der Waals surface area (Å²) in [6.07, 6.45) is 11.2. The number of fused-ring (bicyclic) bond motifs is 2. The second-order valence-electron chi connectivity index (χ2n) is 6.80. The van der Waals surface area contributed by atoms with Crippen LogP contribution >= 0.6 is 0 Å². The second-order valence-corrected chi connectivity index (χ2v) is 6.80. The molecular formula is C16H31N3. The van der Waals surface area contributed by atoms with Gasteiger partial charge in [-0.25, -0.2) is 0 Å². The van der Waals surface area contributed by atoms with Crippen molar-refractivity contribution in [3.05, 3.63) is 0 Å². The highest BCUT2D eigenvalue weighted by Crippen LogP contribution is 2.35. The van der Waals surface area contributed by atoms with Crippen LogP contribution < -0.4 is 10.6 Å². The van der Waals surface area contributed by atoms with E-state index in [2.05, 4.69) is 15.5 Å². The van der Waals surface area contributed by atoms with E-state index in [1.807, 2.05) is 0 Å². The van der Waals surface area contributed by atoms with E-state index in [0.717, 1.165) is 18.0 Å². The lowest BCUT2D eigenvalue weighted by atomic mass is 10.1. The zero-order valence-electron chi connectivity index (χ0n) is 12.4. The average Bonchev–Trinajstić information content (AvgIpc) is 3.01. The molecule has 2 saturated heterocycles. The molecule has 2 aliphatic heterocycles. The highest BCUT2D eigenvalue weighted by atomic mass is 15.2. The topological polar surface area (TPSA) is 27.3 Å². The predicted octanol–water partition coefficient (Wildman–Crippen LogP) is 1.98. The maximum atomic E-state index is 3.84. The van der Waals surface area contributed by atoms with Crippen LogP contribution in [-0.2, 0) is 0 Å². The van der Waals surface area contributed by atoms with Gasteiger partial charge in [-0.15, -0.1) is 0 Å². The lowest BCUT2D eigenvalue weighted by molar-refractivity contribution is 0.241. The van der Waals surface area contributed by atoms with Crippen molar-refractivity contribution < 1.29 is 0 Å². The smallest absolute Gasteiger partial charge is 0.0221 e. The highest BCUT2D eigenvalue weighted by molar-refractivity contribution is 4.94. The summed E-state index contributed by atoms with van der Waals surface area (Å²) in [5.41, 5.74) is 0. The Bertz CT molecular complexity index is 269. The molecule has 3 aliphatic rings. The minimum atomic E-state index is 0.833. The molecule has 3 nitrogen and oxygen atoms in total. The van der Waals surface area contributed by atoms with Crippen molar-refractivity contribution in [2.75, 3.05) is 32.7 Å². The quantitative estimate of drug-likeness (QED) is 0.701. The van der Waals surface area contributed by atoms with Crippen molar-refractivity contribution >= 4 is 0 Å². The third kappa shape index (κ3) is 4.17. The van der Waals surface area contributed by atoms with Crippen LogP contribution in [0.1, 0.15) is 51.4 Å². The van der Waals surface area contributed by atoms with E-state index >= 15 is 0 Å². The van der Waals surface area contributed by atoms with Gasteiger partial charge in [-0.2, -0.15) is 0 Å². The van der Waals surface area contributed by atoms with Gasteiger partial charge in [-0.3, -0.25) is 4.90 Å². The Morgan fingerprint density at radius 2 is 1.68 bits per heavy atom. The molecule has 3 atom stereocenters. The number of nitrogens with one attached hydrogen (secondary N) is 2. The minimum Gasteiger partial charge on any atom is -0.317 e. The molecule has 0 aromatic carbocycles. The fourth-order valence-electron chi connectivity index (χ4n) is 3.87. The van der Waals surface area contributed by atoms with Gasteiger partial charge in [-0.1, -0.05) is 6.42 Å². The van der Waals surface area contributed by atoms with Crippen LogP contribution in [-0.4, -0.2) is 49.7 Å². The Morgan fingerprint density at radius 3 is 2.63 bits per heavy atom. The molecule has 3 heteroatoms. The Hall–Kier alpha value is -0.120. The second kappa shape index (κ2) is 7.05. The van der Waals surface area contributed by atoms with E-state index in [-0.39, 0.29) is 0 Å². The standard InChI is InChI=1S/C16H31N3/c1-2-8-17-9-3-4-10-19-11-5-7-15(19)13-18-16-12-14(16)6-1/h14-18H,1-13H2. The van der Waals surface area contributed by atoms with Crippen molar-refractivity contribution in [2.24, 2.45) is 5.92 Å². The van der Waals surface area contributed by atoms with Crippen molar-refractivity contribution in [2.45, 2.75) is 63.5 Å². The molecular weight excluding hydrogens is 234 g/mol. The van der Waals surface area contributed by atoms with Gasteiger partial charge in [0.2, 0.25) is 0 Å². The molecule has 0 radical (unpaired) electrons. The third-order valence-corrected chi connectivity index (χ3v) is 5.26. The molecule has 110 valence electrons. The van der Waals surface area contributed by atoms with E-state index < -0.39 is 0 Å². The van der Waals surface area contributed by atoms with Gasteiger partial charge >= 0.3 is 0 Å². The molecule has 0 spiro atoms. The normalized spacial score (nSPS) is 38.8. The predicted molar refractivity (Wildman–Crippen MR) is 80.4 cm³/mol. The zero-order chi connectivity index (χ0) is 12.9. The van der Waals surface area contributed by atoms with Crippen molar-refractivity contribution in [3.63, 3.8) is 0 Å². The van der Waals surface area contributed by atoms with E-state index in [1.54, 1.807) is 0 Å². The fraction of sp³-hybridized carbons (Fsp3) is 1.00. The fourth-order valence-corrected chi connectivity index (χ4v) is 3.87. The SMILES string of the molecule is C1CCC2CC2NCC2CCCN2CCCCNC1. The summed E-state index contributed by atoms with van der Waals surface area (Å²) in [7, 11) is 0. The average molecular weight is 265 g/mol.